The van der Waals surface area contributed by atoms with Crippen LogP contribution in [-0.4, -0.2) is 17.0 Å². The van der Waals surface area contributed by atoms with E-state index in [0.29, 0.717) is 23.5 Å². The van der Waals surface area contributed by atoms with E-state index < -0.39 is 5.97 Å². The molecule has 2 N–H and O–H groups in total. The summed E-state index contributed by atoms with van der Waals surface area (Å²) in [6, 6.07) is 23.3. The molecule has 2 aliphatic rings. The van der Waals surface area contributed by atoms with Crippen molar-refractivity contribution in [3.63, 3.8) is 0 Å². The molecule has 0 aliphatic heterocycles. The van der Waals surface area contributed by atoms with Gasteiger partial charge in [-0.2, -0.15) is 0 Å². The average Bonchev–Trinajstić information content (AvgIpc) is 3.45. The fraction of sp³-hybridized carbons (Fsp3) is 0.267. The maximum Gasteiger partial charge on any atom is 0.352 e. The molecule has 0 bridgehead atoms. The Morgan fingerprint density at radius 1 is 1.03 bits per heavy atom. The lowest BCUT2D eigenvalue weighted by Crippen LogP contribution is -2.29. The number of hydrogen-bond acceptors (Lipinski definition) is 3. The van der Waals surface area contributed by atoms with Crippen molar-refractivity contribution >= 4 is 33.9 Å². The molecule has 6 heteroatoms. The Morgan fingerprint density at radius 2 is 1.78 bits per heavy atom. The minimum absolute atomic E-state index is 0.126. The Labute approximate surface area is 219 Å². The minimum atomic E-state index is -1.16. The van der Waals surface area contributed by atoms with E-state index in [1.807, 2.05) is 24.3 Å². The van der Waals surface area contributed by atoms with Crippen LogP contribution in [-0.2, 0) is 21.4 Å². The number of halogens is 1. The zero-order chi connectivity index (χ0) is 25.1. The molecular weight excluding hydrogens is 518 g/mol. The number of amides is 1. The standard InChI is InChI=1S/C30H28BrNO4/c31-25-7-3-4-8-27(25)36-23-11-9-20(10-12-23)17-26(29(34)35)32-28(33)18-21-13-15-30(19-21)16-14-22-5-1-2-6-24(22)30/h1-12,17,21H,13-16,18-19H2,(H,32,33)(H,34,35)/b26-17-. The zero-order valence-corrected chi connectivity index (χ0v) is 21.5. The molecule has 5 nitrogen and oxygen atoms in total. The van der Waals surface area contributed by atoms with Gasteiger partial charge in [-0.15, -0.1) is 0 Å². The maximum atomic E-state index is 12.8. The van der Waals surface area contributed by atoms with Gasteiger partial charge in [0, 0.05) is 6.42 Å². The molecule has 1 amide bonds. The minimum Gasteiger partial charge on any atom is -0.477 e. The predicted octanol–water partition coefficient (Wildman–Crippen LogP) is 6.86. The van der Waals surface area contributed by atoms with Crippen LogP contribution in [0.4, 0.5) is 0 Å². The molecule has 5 rings (SSSR count). The number of aliphatic carboxylic acids is 1. The van der Waals surface area contributed by atoms with Gasteiger partial charge in [-0.3, -0.25) is 4.79 Å². The molecule has 0 saturated heterocycles. The summed E-state index contributed by atoms with van der Waals surface area (Å²) in [5.74, 6) is 0.174. The van der Waals surface area contributed by atoms with Crippen molar-refractivity contribution in [3.8, 4) is 11.5 Å². The number of para-hydroxylation sites is 1. The molecule has 0 aromatic heterocycles. The number of carboxylic acid groups (broad SMARTS) is 1. The highest BCUT2D eigenvalue weighted by atomic mass is 79.9. The highest BCUT2D eigenvalue weighted by Gasteiger charge is 2.44. The third-order valence-corrected chi connectivity index (χ3v) is 8.06. The van der Waals surface area contributed by atoms with Crippen molar-refractivity contribution in [1.29, 1.82) is 0 Å². The number of nitrogens with one attached hydrogen (secondary N) is 1. The summed E-state index contributed by atoms with van der Waals surface area (Å²) in [5.41, 5.74) is 3.61. The SMILES string of the molecule is O=C(CC1CCC2(CCc3ccccc32)C1)N/C(=C\c1ccc(Oc2ccccc2Br)cc1)C(=O)O. The molecule has 1 spiro atoms. The van der Waals surface area contributed by atoms with Gasteiger partial charge in [0.05, 0.1) is 4.47 Å². The first-order chi connectivity index (χ1) is 17.4. The summed E-state index contributed by atoms with van der Waals surface area (Å²) in [7, 11) is 0. The number of ether oxygens (including phenoxy) is 1. The molecule has 3 aromatic carbocycles. The molecule has 1 fully saturated rings. The first-order valence-corrected chi connectivity index (χ1v) is 13.1. The predicted molar refractivity (Wildman–Crippen MR) is 143 cm³/mol. The van der Waals surface area contributed by atoms with Gasteiger partial charge in [-0.25, -0.2) is 4.79 Å². The second-order valence-electron chi connectivity index (χ2n) is 9.76. The second-order valence-corrected chi connectivity index (χ2v) is 10.6. The number of aryl methyl sites for hydroxylation is 1. The van der Waals surface area contributed by atoms with Crippen molar-refractivity contribution < 1.29 is 19.4 Å². The topological polar surface area (TPSA) is 75.6 Å². The number of fused-ring (bicyclic) bond motifs is 2. The van der Waals surface area contributed by atoms with Crippen LogP contribution in [0.5, 0.6) is 11.5 Å². The molecule has 2 aliphatic carbocycles. The zero-order valence-electron chi connectivity index (χ0n) is 19.9. The summed E-state index contributed by atoms with van der Waals surface area (Å²) < 4.78 is 6.71. The fourth-order valence-corrected chi connectivity index (χ4v) is 6.08. The number of hydrogen-bond donors (Lipinski definition) is 2. The largest absolute Gasteiger partial charge is 0.477 e. The molecular formula is C30H28BrNO4. The average molecular weight is 546 g/mol. The summed E-state index contributed by atoms with van der Waals surface area (Å²) in [6.45, 7) is 0. The number of benzene rings is 3. The van der Waals surface area contributed by atoms with E-state index in [9.17, 15) is 14.7 Å². The van der Waals surface area contributed by atoms with Gasteiger partial charge in [0.25, 0.3) is 0 Å². The van der Waals surface area contributed by atoms with Gasteiger partial charge < -0.3 is 15.2 Å². The molecule has 0 radical (unpaired) electrons. The summed E-state index contributed by atoms with van der Waals surface area (Å²) in [6.07, 6.45) is 7.14. The van der Waals surface area contributed by atoms with Gasteiger partial charge in [0.2, 0.25) is 5.91 Å². The Hall–Kier alpha value is -3.38. The van der Waals surface area contributed by atoms with Crippen LogP contribution in [0, 0.1) is 5.92 Å². The van der Waals surface area contributed by atoms with E-state index in [1.54, 1.807) is 24.3 Å². The third kappa shape index (κ3) is 5.24. The summed E-state index contributed by atoms with van der Waals surface area (Å²) in [5, 5.41) is 12.3. The number of carbonyl (C=O) groups excluding carboxylic acids is 1. The molecule has 2 atom stereocenters. The van der Waals surface area contributed by atoms with E-state index >= 15 is 0 Å². The van der Waals surface area contributed by atoms with Crippen molar-refractivity contribution in [2.24, 2.45) is 5.92 Å². The van der Waals surface area contributed by atoms with Crippen LogP contribution in [0.2, 0.25) is 0 Å². The second kappa shape index (κ2) is 10.3. The maximum absolute atomic E-state index is 12.8. The van der Waals surface area contributed by atoms with Crippen LogP contribution < -0.4 is 10.1 Å². The number of rotatable bonds is 7. The molecule has 3 aromatic rings. The Morgan fingerprint density at radius 3 is 2.56 bits per heavy atom. The van der Waals surface area contributed by atoms with Crippen molar-refractivity contribution in [2.45, 2.75) is 43.9 Å². The van der Waals surface area contributed by atoms with Gasteiger partial charge in [-0.1, -0.05) is 48.5 Å². The molecule has 2 unspecified atom stereocenters. The van der Waals surface area contributed by atoms with Crippen LogP contribution in [0.1, 0.15) is 48.8 Å². The molecule has 36 heavy (non-hydrogen) atoms. The lowest BCUT2D eigenvalue weighted by molar-refractivity contribution is -0.134. The molecule has 0 heterocycles. The first kappa shape index (κ1) is 24.3. The van der Waals surface area contributed by atoms with Crippen LogP contribution in [0.3, 0.4) is 0 Å². The number of carboxylic acids is 1. The van der Waals surface area contributed by atoms with E-state index in [-0.39, 0.29) is 22.9 Å². The normalized spacial score (nSPS) is 20.8. The van der Waals surface area contributed by atoms with Gasteiger partial charge in [-0.05, 0) is 106 Å². The fourth-order valence-electron chi connectivity index (χ4n) is 5.72. The van der Waals surface area contributed by atoms with Crippen LogP contribution in [0.25, 0.3) is 6.08 Å². The van der Waals surface area contributed by atoms with E-state index in [4.69, 9.17) is 4.74 Å². The van der Waals surface area contributed by atoms with Crippen molar-refractivity contribution in [3.05, 3.63) is 99.7 Å². The van der Waals surface area contributed by atoms with Gasteiger partial charge in [0.1, 0.15) is 17.2 Å². The van der Waals surface area contributed by atoms with Crippen LogP contribution in [0.15, 0.2) is 83.0 Å². The summed E-state index contributed by atoms with van der Waals surface area (Å²) >= 11 is 3.46. The monoisotopic (exact) mass is 545 g/mol. The lowest BCUT2D eigenvalue weighted by Gasteiger charge is -2.25. The molecule has 1 saturated carbocycles. The number of carbonyl (C=O) groups is 2. The van der Waals surface area contributed by atoms with Gasteiger partial charge >= 0.3 is 5.97 Å². The van der Waals surface area contributed by atoms with E-state index in [2.05, 4.69) is 45.5 Å². The highest BCUT2D eigenvalue weighted by Crippen LogP contribution is 2.52. The van der Waals surface area contributed by atoms with Crippen LogP contribution >= 0.6 is 15.9 Å². The Balaban J connectivity index is 1.21. The Kier molecular flexibility index (Phi) is 6.97. The highest BCUT2D eigenvalue weighted by molar-refractivity contribution is 9.10. The van der Waals surface area contributed by atoms with Gasteiger partial charge in [0.15, 0.2) is 0 Å². The lowest BCUT2D eigenvalue weighted by atomic mass is 9.79. The molecule has 184 valence electrons. The van der Waals surface area contributed by atoms with Crippen molar-refractivity contribution in [1.82, 2.24) is 5.32 Å². The van der Waals surface area contributed by atoms with E-state index in [1.165, 1.54) is 17.2 Å². The quantitative estimate of drug-likeness (QED) is 0.318. The van der Waals surface area contributed by atoms with E-state index in [0.717, 1.165) is 36.6 Å². The van der Waals surface area contributed by atoms with Crippen molar-refractivity contribution in [2.75, 3.05) is 0 Å². The smallest absolute Gasteiger partial charge is 0.352 e. The summed E-state index contributed by atoms with van der Waals surface area (Å²) in [4.78, 5) is 24.7. The Bertz CT molecular complexity index is 1320. The third-order valence-electron chi connectivity index (χ3n) is 7.41. The first-order valence-electron chi connectivity index (χ1n) is 12.3.